The van der Waals surface area contributed by atoms with Gasteiger partial charge in [0, 0.05) is 0 Å². The predicted octanol–water partition coefficient (Wildman–Crippen LogP) is 0.466. The van der Waals surface area contributed by atoms with E-state index in [0.29, 0.717) is 0 Å². The van der Waals surface area contributed by atoms with E-state index in [9.17, 15) is 8.42 Å². The standard InChI is InChI=1S/C8H8N2O2S/c1-10-13(11,12)8-5-3-2-4-7(8)6-9/h2-5,10H,1H3. The lowest BCUT2D eigenvalue weighted by Crippen LogP contribution is -2.19. The number of hydrogen-bond donors (Lipinski definition) is 1. The fraction of sp³-hybridized carbons (Fsp3) is 0.125. The summed E-state index contributed by atoms with van der Waals surface area (Å²) in [6, 6.07) is 7.87. The summed E-state index contributed by atoms with van der Waals surface area (Å²) >= 11 is 0. The fourth-order valence-electron chi connectivity index (χ4n) is 0.903. The summed E-state index contributed by atoms with van der Waals surface area (Å²) in [6.45, 7) is 0. The van der Waals surface area contributed by atoms with E-state index in [-0.39, 0.29) is 10.5 Å². The van der Waals surface area contributed by atoms with Crippen molar-refractivity contribution < 1.29 is 8.42 Å². The lowest BCUT2D eigenvalue weighted by atomic mass is 10.2. The molecule has 0 saturated heterocycles. The first-order valence-corrected chi connectivity index (χ1v) is 5.03. The number of nitrogens with one attached hydrogen (secondary N) is 1. The SMILES string of the molecule is CNS(=O)(=O)c1ccccc1C#N. The Labute approximate surface area is 76.9 Å². The monoisotopic (exact) mass is 196 g/mol. The quantitative estimate of drug-likeness (QED) is 0.747. The van der Waals surface area contributed by atoms with Crippen LogP contribution in [0.25, 0.3) is 0 Å². The van der Waals surface area contributed by atoms with E-state index in [1.165, 1.54) is 19.2 Å². The number of rotatable bonds is 2. The molecule has 1 rings (SSSR count). The van der Waals surface area contributed by atoms with E-state index in [1.807, 2.05) is 6.07 Å². The van der Waals surface area contributed by atoms with Crippen molar-refractivity contribution in [1.82, 2.24) is 4.72 Å². The Bertz CT molecular complexity index is 445. The fourth-order valence-corrected chi connectivity index (χ4v) is 1.78. The maximum Gasteiger partial charge on any atom is 0.241 e. The van der Waals surface area contributed by atoms with Gasteiger partial charge in [0.15, 0.2) is 0 Å². The molecule has 0 aliphatic heterocycles. The minimum atomic E-state index is -3.51. The van der Waals surface area contributed by atoms with Crippen LogP contribution in [0.5, 0.6) is 0 Å². The van der Waals surface area contributed by atoms with E-state index in [4.69, 9.17) is 5.26 Å². The molecule has 0 amide bonds. The molecule has 68 valence electrons. The topological polar surface area (TPSA) is 70.0 Å². The Kier molecular flexibility index (Phi) is 2.66. The Balaban J connectivity index is 3.40. The van der Waals surface area contributed by atoms with Gasteiger partial charge in [-0.15, -0.1) is 0 Å². The van der Waals surface area contributed by atoms with Gasteiger partial charge in [0.2, 0.25) is 10.0 Å². The molecular weight excluding hydrogens is 188 g/mol. The maximum atomic E-state index is 11.3. The average Bonchev–Trinajstić information content (AvgIpc) is 2.18. The van der Waals surface area contributed by atoms with Crippen molar-refractivity contribution in [1.29, 1.82) is 5.26 Å². The van der Waals surface area contributed by atoms with Gasteiger partial charge >= 0.3 is 0 Å². The molecule has 13 heavy (non-hydrogen) atoms. The van der Waals surface area contributed by atoms with Crippen molar-refractivity contribution >= 4 is 10.0 Å². The number of benzene rings is 1. The Morgan fingerprint density at radius 3 is 2.54 bits per heavy atom. The van der Waals surface area contributed by atoms with Crippen molar-refractivity contribution in [3.8, 4) is 6.07 Å². The van der Waals surface area contributed by atoms with E-state index < -0.39 is 10.0 Å². The van der Waals surface area contributed by atoms with Crippen molar-refractivity contribution in [2.24, 2.45) is 0 Å². The highest BCUT2D eigenvalue weighted by molar-refractivity contribution is 7.89. The highest BCUT2D eigenvalue weighted by Gasteiger charge is 2.14. The van der Waals surface area contributed by atoms with Gasteiger partial charge in [0.05, 0.1) is 10.5 Å². The Hall–Kier alpha value is -1.38. The Morgan fingerprint density at radius 1 is 1.38 bits per heavy atom. The van der Waals surface area contributed by atoms with Crippen LogP contribution in [0.1, 0.15) is 5.56 Å². The summed E-state index contributed by atoms with van der Waals surface area (Å²) in [7, 11) is -2.20. The molecule has 1 aromatic rings. The molecule has 1 N–H and O–H groups in total. The van der Waals surface area contributed by atoms with Gasteiger partial charge in [-0.25, -0.2) is 13.1 Å². The van der Waals surface area contributed by atoms with Crippen LogP contribution in [-0.2, 0) is 10.0 Å². The normalized spacial score (nSPS) is 10.8. The number of sulfonamides is 1. The smallest absolute Gasteiger partial charge is 0.214 e. The van der Waals surface area contributed by atoms with E-state index in [1.54, 1.807) is 12.1 Å². The number of nitrogens with zero attached hydrogens (tertiary/aromatic N) is 1. The maximum absolute atomic E-state index is 11.3. The third kappa shape index (κ3) is 1.86. The van der Waals surface area contributed by atoms with Crippen molar-refractivity contribution in [2.45, 2.75) is 4.90 Å². The zero-order chi connectivity index (χ0) is 9.90. The van der Waals surface area contributed by atoms with E-state index in [0.717, 1.165) is 0 Å². The summed E-state index contributed by atoms with van der Waals surface area (Å²) in [6.07, 6.45) is 0. The van der Waals surface area contributed by atoms with Crippen LogP contribution in [0.3, 0.4) is 0 Å². The summed E-state index contributed by atoms with van der Waals surface area (Å²) in [5.41, 5.74) is 0.150. The van der Waals surface area contributed by atoms with Crippen LogP contribution >= 0.6 is 0 Å². The number of nitriles is 1. The molecule has 0 aliphatic carbocycles. The molecule has 4 nitrogen and oxygen atoms in total. The molecule has 0 fully saturated rings. The third-order valence-corrected chi connectivity index (χ3v) is 3.04. The summed E-state index contributed by atoms with van der Waals surface area (Å²) in [4.78, 5) is 0.0139. The van der Waals surface area contributed by atoms with Gasteiger partial charge < -0.3 is 0 Å². The van der Waals surface area contributed by atoms with Gasteiger partial charge in [-0.05, 0) is 19.2 Å². The zero-order valence-corrected chi connectivity index (χ0v) is 7.80. The highest BCUT2D eigenvalue weighted by Crippen LogP contribution is 2.12. The van der Waals surface area contributed by atoms with Crippen molar-refractivity contribution in [3.05, 3.63) is 29.8 Å². The zero-order valence-electron chi connectivity index (χ0n) is 6.98. The van der Waals surface area contributed by atoms with Crippen LogP contribution < -0.4 is 4.72 Å². The van der Waals surface area contributed by atoms with Gasteiger partial charge in [-0.3, -0.25) is 0 Å². The van der Waals surface area contributed by atoms with Gasteiger partial charge in [-0.1, -0.05) is 12.1 Å². The molecule has 0 saturated carbocycles. The second kappa shape index (κ2) is 3.56. The lowest BCUT2D eigenvalue weighted by Gasteiger charge is -2.02. The van der Waals surface area contributed by atoms with Crippen LogP contribution in [0.2, 0.25) is 0 Å². The highest BCUT2D eigenvalue weighted by atomic mass is 32.2. The molecule has 0 aromatic heterocycles. The first kappa shape index (κ1) is 9.71. The van der Waals surface area contributed by atoms with E-state index in [2.05, 4.69) is 4.72 Å². The summed E-state index contributed by atoms with van der Waals surface area (Å²) in [5.74, 6) is 0. The molecule has 0 atom stereocenters. The molecule has 0 radical (unpaired) electrons. The average molecular weight is 196 g/mol. The summed E-state index contributed by atoms with van der Waals surface area (Å²) < 4.78 is 24.8. The molecule has 0 unspecified atom stereocenters. The van der Waals surface area contributed by atoms with Gasteiger partial charge in [0.1, 0.15) is 6.07 Å². The van der Waals surface area contributed by atoms with Gasteiger partial charge in [0.25, 0.3) is 0 Å². The van der Waals surface area contributed by atoms with Gasteiger partial charge in [-0.2, -0.15) is 5.26 Å². The van der Waals surface area contributed by atoms with Crippen LogP contribution in [0.4, 0.5) is 0 Å². The second-order valence-corrected chi connectivity index (χ2v) is 4.17. The van der Waals surface area contributed by atoms with Crippen molar-refractivity contribution in [2.75, 3.05) is 7.05 Å². The van der Waals surface area contributed by atoms with E-state index >= 15 is 0 Å². The molecule has 0 aliphatic rings. The number of hydrogen-bond acceptors (Lipinski definition) is 3. The summed E-state index contributed by atoms with van der Waals surface area (Å²) in [5, 5.41) is 8.64. The first-order valence-electron chi connectivity index (χ1n) is 3.54. The molecule has 0 bridgehead atoms. The van der Waals surface area contributed by atoms with Crippen molar-refractivity contribution in [3.63, 3.8) is 0 Å². The minimum absolute atomic E-state index is 0.0139. The Morgan fingerprint density at radius 2 is 2.00 bits per heavy atom. The first-order chi connectivity index (χ1) is 6.11. The largest absolute Gasteiger partial charge is 0.241 e. The second-order valence-electron chi connectivity index (χ2n) is 2.32. The molecule has 0 heterocycles. The lowest BCUT2D eigenvalue weighted by molar-refractivity contribution is 0.588. The van der Waals surface area contributed by atoms with Crippen LogP contribution in [-0.4, -0.2) is 15.5 Å². The molecular formula is C8H8N2O2S. The molecule has 1 aromatic carbocycles. The third-order valence-electron chi connectivity index (χ3n) is 1.57. The van der Waals surface area contributed by atoms with Crippen LogP contribution in [0, 0.1) is 11.3 Å². The molecule has 5 heteroatoms. The van der Waals surface area contributed by atoms with Crippen LogP contribution in [0.15, 0.2) is 29.2 Å². The minimum Gasteiger partial charge on any atom is -0.214 e. The molecule has 0 spiro atoms. The predicted molar refractivity (Wildman–Crippen MR) is 47.4 cm³/mol.